The summed E-state index contributed by atoms with van der Waals surface area (Å²) in [6.07, 6.45) is 3.52. The minimum Gasteiger partial charge on any atom is -0.289 e. The molecule has 20 heavy (non-hydrogen) atoms. The van der Waals surface area contributed by atoms with Crippen LogP contribution >= 0.6 is 0 Å². The van der Waals surface area contributed by atoms with Crippen LogP contribution in [0, 0.1) is 5.92 Å². The summed E-state index contributed by atoms with van der Waals surface area (Å²) in [6.45, 7) is 4.48. The molecule has 0 N–H and O–H groups in total. The van der Waals surface area contributed by atoms with Crippen molar-refractivity contribution < 1.29 is 4.79 Å². The lowest BCUT2D eigenvalue weighted by molar-refractivity contribution is 0.103. The molecule has 2 aromatic carbocycles. The van der Waals surface area contributed by atoms with Crippen molar-refractivity contribution in [2.75, 3.05) is 0 Å². The maximum atomic E-state index is 12.3. The summed E-state index contributed by atoms with van der Waals surface area (Å²) in [7, 11) is 0. The third-order valence-corrected chi connectivity index (χ3v) is 3.93. The van der Waals surface area contributed by atoms with Gasteiger partial charge in [0.25, 0.3) is 0 Å². The van der Waals surface area contributed by atoms with Gasteiger partial charge in [0.05, 0.1) is 0 Å². The summed E-state index contributed by atoms with van der Waals surface area (Å²) in [6, 6.07) is 17.5. The van der Waals surface area contributed by atoms with Gasteiger partial charge in [0.15, 0.2) is 5.78 Å². The van der Waals surface area contributed by atoms with Crippen LogP contribution in [0.15, 0.2) is 54.6 Å². The molecule has 0 saturated heterocycles. The van der Waals surface area contributed by atoms with Crippen molar-refractivity contribution in [3.05, 3.63) is 71.3 Å². The van der Waals surface area contributed by atoms with Gasteiger partial charge in [-0.2, -0.15) is 0 Å². The van der Waals surface area contributed by atoms with E-state index in [0.717, 1.165) is 23.5 Å². The molecule has 2 rings (SSSR count). The van der Waals surface area contributed by atoms with Crippen LogP contribution in [0.1, 0.15) is 48.2 Å². The van der Waals surface area contributed by atoms with Gasteiger partial charge in [0, 0.05) is 11.1 Å². The Morgan fingerprint density at radius 1 is 0.850 bits per heavy atom. The normalized spacial score (nSPS) is 10.8. The Balaban J connectivity index is 2.10. The molecule has 0 radical (unpaired) electrons. The number of carbonyl (C=O) groups excluding carboxylic acids is 1. The summed E-state index contributed by atoms with van der Waals surface area (Å²) in [5.41, 5.74) is 2.84. The quantitative estimate of drug-likeness (QED) is 0.680. The first kappa shape index (κ1) is 14.5. The molecule has 104 valence electrons. The van der Waals surface area contributed by atoms with E-state index in [4.69, 9.17) is 0 Å². The minimum atomic E-state index is 0.0969. The molecule has 0 aromatic heterocycles. The first-order valence-electron chi connectivity index (χ1n) is 7.43. The van der Waals surface area contributed by atoms with Gasteiger partial charge < -0.3 is 0 Å². The zero-order valence-corrected chi connectivity index (χ0v) is 12.3. The average Bonchev–Trinajstić information content (AvgIpc) is 2.53. The fraction of sp³-hybridized carbons (Fsp3) is 0.316. The van der Waals surface area contributed by atoms with Crippen LogP contribution in [0.4, 0.5) is 0 Å². The van der Waals surface area contributed by atoms with E-state index >= 15 is 0 Å². The van der Waals surface area contributed by atoms with Crippen molar-refractivity contribution in [3.63, 3.8) is 0 Å². The maximum absolute atomic E-state index is 12.3. The number of ketones is 1. The van der Waals surface area contributed by atoms with Crippen molar-refractivity contribution in [3.8, 4) is 0 Å². The highest BCUT2D eigenvalue weighted by Crippen LogP contribution is 2.17. The van der Waals surface area contributed by atoms with Gasteiger partial charge in [-0.3, -0.25) is 4.79 Å². The highest BCUT2D eigenvalue weighted by atomic mass is 16.1. The second kappa shape index (κ2) is 7.04. The molecule has 0 unspecified atom stereocenters. The Morgan fingerprint density at radius 2 is 1.40 bits per heavy atom. The number of hydrogen-bond donors (Lipinski definition) is 0. The van der Waals surface area contributed by atoms with E-state index in [-0.39, 0.29) is 5.78 Å². The Labute approximate surface area is 121 Å². The molecule has 0 aliphatic carbocycles. The Hall–Kier alpha value is -1.89. The van der Waals surface area contributed by atoms with Crippen LogP contribution in [-0.4, -0.2) is 5.78 Å². The zero-order chi connectivity index (χ0) is 14.4. The fourth-order valence-electron chi connectivity index (χ4n) is 2.46. The summed E-state index contributed by atoms with van der Waals surface area (Å²) in [5, 5.41) is 0. The molecule has 0 aliphatic heterocycles. The predicted octanol–water partition coefficient (Wildman–Crippen LogP) is 4.90. The van der Waals surface area contributed by atoms with Gasteiger partial charge >= 0.3 is 0 Å². The highest BCUT2D eigenvalue weighted by molar-refractivity contribution is 6.08. The van der Waals surface area contributed by atoms with Crippen LogP contribution in [0.2, 0.25) is 0 Å². The number of hydrogen-bond acceptors (Lipinski definition) is 1. The van der Waals surface area contributed by atoms with Crippen LogP contribution in [0.3, 0.4) is 0 Å². The third kappa shape index (κ3) is 3.57. The maximum Gasteiger partial charge on any atom is 0.193 e. The van der Waals surface area contributed by atoms with Gasteiger partial charge in [0.2, 0.25) is 0 Å². The van der Waals surface area contributed by atoms with E-state index in [1.54, 1.807) is 0 Å². The third-order valence-electron chi connectivity index (χ3n) is 3.93. The lowest BCUT2D eigenvalue weighted by Crippen LogP contribution is -2.03. The first-order valence-corrected chi connectivity index (χ1v) is 7.43. The molecule has 0 saturated carbocycles. The molecule has 0 spiro atoms. The van der Waals surface area contributed by atoms with E-state index in [1.165, 1.54) is 18.4 Å². The van der Waals surface area contributed by atoms with Crippen molar-refractivity contribution in [2.45, 2.75) is 33.1 Å². The zero-order valence-electron chi connectivity index (χ0n) is 12.3. The molecule has 0 aliphatic rings. The van der Waals surface area contributed by atoms with Gasteiger partial charge in [-0.15, -0.1) is 0 Å². The number of carbonyl (C=O) groups is 1. The Bertz CT molecular complexity index is 536. The van der Waals surface area contributed by atoms with E-state index in [0.29, 0.717) is 0 Å². The number of benzene rings is 2. The first-order chi connectivity index (χ1) is 9.74. The Morgan fingerprint density at radius 3 is 1.95 bits per heavy atom. The van der Waals surface area contributed by atoms with Crippen LogP contribution in [0.5, 0.6) is 0 Å². The minimum absolute atomic E-state index is 0.0969. The van der Waals surface area contributed by atoms with E-state index in [2.05, 4.69) is 26.0 Å². The second-order valence-corrected chi connectivity index (χ2v) is 5.28. The fourth-order valence-corrected chi connectivity index (χ4v) is 2.46. The molecule has 0 fully saturated rings. The summed E-state index contributed by atoms with van der Waals surface area (Å²) < 4.78 is 0. The lowest BCUT2D eigenvalue weighted by atomic mass is 9.93. The van der Waals surface area contributed by atoms with Gasteiger partial charge in [-0.1, -0.05) is 81.3 Å². The average molecular weight is 266 g/mol. The van der Waals surface area contributed by atoms with E-state index in [9.17, 15) is 4.79 Å². The van der Waals surface area contributed by atoms with E-state index < -0.39 is 0 Å². The standard InChI is InChI=1S/C19H22O/c1-3-15(4-2)14-16-10-12-18(13-11-16)19(20)17-8-6-5-7-9-17/h5-13,15H,3-4,14H2,1-2H3. The van der Waals surface area contributed by atoms with Crippen LogP contribution < -0.4 is 0 Å². The molecule has 1 heteroatoms. The molecule has 0 amide bonds. The summed E-state index contributed by atoms with van der Waals surface area (Å²) in [4.78, 5) is 12.3. The van der Waals surface area contributed by atoms with Crippen molar-refractivity contribution in [1.29, 1.82) is 0 Å². The summed E-state index contributed by atoms with van der Waals surface area (Å²) >= 11 is 0. The molecule has 1 nitrogen and oxygen atoms in total. The smallest absolute Gasteiger partial charge is 0.193 e. The van der Waals surface area contributed by atoms with E-state index in [1.807, 2.05) is 42.5 Å². The second-order valence-electron chi connectivity index (χ2n) is 5.28. The molecule has 0 heterocycles. The summed E-state index contributed by atoms with van der Waals surface area (Å²) in [5.74, 6) is 0.838. The van der Waals surface area contributed by atoms with Crippen LogP contribution in [0.25, 0.3) is 0 Å². The van der Waals surface area contributed by atoms with Crippen molar-refractivity contribution in [1.82, 2.24) is 0 Å². The van der Waals surface area contributed by atoms with Gasteiger partial charge in [-0.25, -0.2) is 0 Å². The molecule has 0 atom stereocenters. The molecule has 0 bridgehead atoms. The predicted molar refractivity (Wildman–Crippen MR) is 84.1 cm³/mol. The largest absolute Gasteiger partial charge is 0.289 e. The molecular weight excluding hydrogens is 244 g/mol. The topological polar surface area (TPSA) is 17.1 Å². The SMILES string of the molecule is CCC(CC)Cc1ccc(C(=O)c2ccccc2)cc1. The Kier molecular flexibility index (Phi) is 5.11. The van der Waals surface area contributed by atoms with Gasteiger partial charge in [-0.05, 0) is 17.9 Å². The van der Waals surface area contributed by atoms with Crippen molar-refractivity contribution >= 4 is 5.78 Å². The van der Waals surface area contributed by atoms with Crippen LogP contribution in [-0.2, 0) is 6.42 Å². The van der Waals surface area contributed by atoms with Gasteiger partial charge in [0.1, 0.15) is 0 Å². The molecule has 2 aromatic rings. The monoisotopic (exact) mass is 266 g/mol. The van der Waals surface area contributed by atoms with Crippen molar-refractivity contribution in [2.24, 2.45) is 5.92 Å². The number of rotatable bonds is 6. The lowest BCUT2D eigenvalue weighted by Gasteiger charge is -2.12. The molecular formula is C19H22O. The highest BCUT2D eigenvalue weighted by Gasteiger charge is 2.09.